The third-order valence-corrected chi connectivity index (χ3v) is 1.70. The number of hydrogen-bond donors (Lipinski definition) is 1. The molecule has 2 rings (SSSR count). The fourth-order valence-electron chi connectivity index (χ4n) is 1.02. The van der Waals surface area contributed by atoms with Crippen LogP contribution >= 0.6 is 0 Å². The Morgan fingerprint density at radius 1 is 1.55 bits per heavy atom. The van der Waals surface area contributed by atoms with Crippen molar-refractivity contribution in [1.82, 2.24) is 10.4 Å². The average Bonchev–Trinajstić information content (AvgIpc) is 1.99. The number of nitrogens with one attached hydrogen (secondary N) is 1. The summed E-state index contributed by atoms with van der Waals surface area (Å²) in [5, 5.41) is 2.01. The lowest BCUT2D eigenvalue weighted by molar-refractivity contribution is -0.0287. The van der Waals surface area contributed by atoms with E-state index in [9.17, 15) is 0 Å². The Hall–Kier alpha value is -0.870. The highest BCUT2D eigenvalue weighted by molar-refractivity contribution is 5.61. The summed E-state index contributed by atoms with van der Waals surface area (Å²) in [5.74, 6) is 0. The normalized spacial score (nSPS) is 23.8. The number of hydrogen-bond acceptors (Lipinski definition) is 4. The number of nitrogens with zero attached hydrogens (tertiary/aromatic N) is 2. The van der Waals surface area contributed by atoms with Crippen molar-refractivity contribution in [2.24, 2.45) is 4.99 Å². The van der Waals surface area contributed by atoms with Gasteiger partial charge in [0.2, 0.25) is 0 Å². The van der Waals surface area contributed by atoms with E-state index in [1.165, 1.54) is 0 Å². The van der Waals surface area contributed by atoms with Crippen LogP contribution in [0, 0.1) is 0 Å². The fourth-order valence-corrected chi connectivity index (χ4v) is 1.02. The number of hydrazine groups is 1. The first-order valence-electron chi connectivity index (χ1n) is 3.74. The zero-order valence-electron chi connectivity index (χ0n) is 6.23. The van der Waals surface area contributed by atoms with Gasteiger partial charge in [0.15, 0.2) is 0 Å². The predicted molar refractivity (Wildman–Crippen MR) is 42.1 cm³/mol. The van der Waals surface area contributed by atoms with Crippen LogP contribution in [0.1, 0.15) is 0 Å². The summed E-state index contributed by atoms with van der Waals surface area (Å²) >= 11 is 0. The molecule has 0 aromatic heterocycles. The first-order chi connectivity index (χ1) is 5.45. The first-order valence-corrected chi connectivity index (χ1v) is 3.74. The molecule has 4 nitrogen and oxygen atoms in total. The summed E-state index contributed by atoms with van der Waals surface area (Å²) in [4.78, 5) is 3.96. The number of rotatable bonds is 2. The zero-order valence-corrected chi connectivity index (χ0v) is 6.23. The van der Waals surface area contributed by atoms with Crippen molar-refractivity contribution in [3.05, 3.63) is 12.4 Å². The highest BCUT2D eigenvalue weighted by Crippen LogP contribution is 2.01. The summed E-state index contributed by atoms with van der Waals surface area (Å²) < 4.78 is 5.03. The van der Waals surface area contributed by atoms with Crippen molar-refractivity contribution in [3.8, 4) is 0 Å². The minimum absolute atomic E-state index is 0.492. The molecule has 2 aliphatic heterocycles. The molecule has 0 spiro atoms. The second-order valence-corrected chi connectivity index (χ2v) is 2.65. The highest BCUT2D eigenvalue weighted by Gasteiger charge is 2.19. The van der Waals surface area contributed by atoms with E-state index in [0.29, 0.717) is 6.04 Å². The smallest absolute Gasteiger partial charge is 0.0730 e. The van der Waals surface area contributed by atoms with Gasteiger partial charge in [0.25, 0.3) is 0 Å². The lowest BCUT2D eigenvalue weighted by Crippen LogP contribution is -2.52. The molecule has 2 heterocycles. The maximum absolute atomic E-state index is 5.03. The van der Waals surface area contributed by atoms with Gasteiger partial charge < -0.3 is 9.75 Å². The molecular weight excluding hydrogens is 142 g/mol. The van der Waals surface area contributed by atoms with Crippen molar-refractivity contribution in [2.75, 3.05) is 19.8 Å². The molecule has 0 radical (unpaired) electrons. The molecular formula is C7H11N3O. The van der Waals surface area contributed by atoms with Gasteiger partial charge in [0.1, 0.15) is 0 Å². The summed E-state index contributed by atoms with van der Waals surface area (Å²) in [6.45, 7) is 2.48. The standard InChI is InChI=1S/C7H11N3O/c1-3-10(4-2-8-1)9-7-5-11-6-7/h1-3,7,9H,4-6H2. The average molecular weight is 153 g/mol. The van der Waals surface area contributed by atoms with Crippen LogP contribution in [-0.2, 0) is 4.74 Å². The van der Waals surface area contributed by atoms with Crippen molar-refractivity contribution >= 4 is 6.21 Å². The van der Waals surface area contributed by atoms with Crippen molar-refractivity contribution in [1.29, 1.82) is 0 Å². The molecule has 0 saturated carbocycles. The second-order valence-electron chi connectivity index (χ2n) is 2.65. The Labute approximate surface area is 65.5 Å². The summed E-state index contributed by atoms with van der Waals surface area (Å²) in [6, 6.07) is 0.492. The van der Waals surface area contributed by atoms with Gasteiger partial charge in [-0.25, -0.2) is 5.43 Å². The van der Waals surface area contributed by atoms with Gasteiger partial charge in [-0.3, -0.25) is 4.99 Å². The number of ether oxygens (including phenoxy) is 1. The third-order valence-electron chi connectivity index (χ3n) is 1.70. The van der Waals surface area contributed by atoms with Crippen molar-refractivity contribution in [2.45, 2.75) is 6.04 Å². The van der Waals surface area contributed by atoms with Gasteiger partial charge in [-0.15, -0.1) is 0 Å². The highest BCUT2D eigenvalue weighted by atomic mass is 16.5. The summed E-state index contributed by atoms with van der Waals surface area (Å²) in [7, 11) is 0. The molecule has 0 atom stereocenters. The maximum Gasteiger partial charge on any atom is 0.0730 e. The van der Waals surface area contributed by atoms with Gasteiger partial charge in [0, 0.05) is 18.6 Å². The Bertz CT molecular complexity index is 186. The SMILES string of the molecule is C1=CN(NC2COC2)CC=N1. The van der Waals surface area contributed by atoms with Crippen LogP contribution in [0.15, 0.2) is 17.4 Å². The summed E-state index contributed by atoms with van der Waals surface area (Å²) in [5.41, 5.74) is 3.29. The first kappa shape index (κ1) is 6.82. The third kappa shape index (κ3) is 1.58. The van der Waals surface area contributed by atoms with Gasteiger partial charge in [-0.2, -0.15) is 0 Å². The van der Waals surface area contributed by atoms with Crippen LogP contribution in [0.5, 0.6) is 0 Å². The van der Waals surface area contributed by atoms with E-state index in [1.54, 1.807) is 6.20 Å². The monoisotopic (exact) mass is 153 g/mol. The van der Waals surface area contributed by atoms with E-state index in [4.69, 9.17) is 4.74 Å². The van der Waals surface area contributed by atoms with E-state index in [-0.39, 0.29) is 0 Å². The van der Waals surface area contributed by atoms with Crippen LogP contribution in [-0.4, -0.2) is 37.0 Å². The fraction of sp³-hybridized carbons (Fsp3) is 0.571. The Balaban J connectivity index is 1.77. The topological polar surface area (TPSA) is 36.9 Å². The van der Waals surface area contributed by atoms with E-state index in [1.807, 2.05) is 17.4 Å². The molecule has 2 aliphatic rings. The lowest BCUT2D eigenvalue weighted by atomic mass is 10.3. The minimum atomic E-state index is 0.492. The molecule has 60 valence electrons. The van der Waals surface area contributed by atoms with Crippen LogP contribution in [0.3, 0.4) is 0 Å². The Kier molecular flexibility index (Phi) is 1.87. The van der Waals surface area contributed by atoms with Crippen LogP contribution < -0.4 is 5.43 Å². The van der Waals surface area contributed by atoms with Crippen molar-refractivity contribution in [3.63, 3.8) is 0 Å². The van der Waals surface area contributed by atoms with Gasteiger partial charge in [0.05, 0.1) is 25.8 Å². The number of aliphatic imine (C=N–C) groups is 1. The molecule has 0 unspecified atom stereocenters. The zero-order chi connectivity index (χ0) is 7.52. The van der Waals surface area contributed by atoms with Gasteiger partial charge in [-0.05, 0) is 0 Å². The molecule has 1 saturated heterocycles. The Morgan fingerprint density at radius 3 is 3.00 bits per heavy atom. The van der Waals surface area contributed by atoms with E-state index in [0.717, 1.165) is 19.8 Å². The quantitative estimate of drug-likeness (QED) is 0.594. The van der Waals surface area contributed by atoms with E-state index < -0.39 is 0 Å². The Morgan fingerprint density at radius 2 is 2.45 bits per heavy atom. The largest absolute Gasteiger partial charge is 0.378 e. The molecule has 0 aliphatic carbocycles. The molecule has 0 amide bonds. The molecule has 0 bridgehead atoms. The van der Waals surface area contributed by atoms with Gasteiger partial charge >= 0.3 is 0 Å². The molecule has 11 heavy (non-hydrogen) atoms. The van der Waals surface area contributed by atoms with Crippen LogP contribution in [0.2, 0.25) is 0 Å². The van der Waals surface area contributed by atoms with E-state index in [2.05, 4.69) is 10.4 Å². The second kappa shape index (κ2) is 3.02. The van der Waals surface area contributed by atoms with Crippen molar-refractivity contribution < 1.29 is 4.74 Å². The van der Waals surface area contributed by atoms with Crippen LogP contribution in [0.25, 0.3) is 0 Å². The molecule has 0 aromatic carbocycles. The molecule has 1 N–H and O–H groups in total. The predicted octanol–water partition coefficient (Wildman–Crippen LogP) is -0.253. The molecule has 0 aromatic rings. The molecule has 4 heteroatoms. The van der Waals surface area contributed by atoms with Gasteiger partial charge in [-0.1, -0.05) is 0 Å². The lowest BCUT2D eigenvalue weighted by Gasteiger charge is -2.32. The molecule has 1 fully saturated rings. The van der Waals surface area contributed by atoms with E-state index >= 15 is 0 Å². The maximum atomic E-state index is 5.03. The van der Waals surface area contributed by atoms with Crippen LogP contribution in [0.4, 0.5) is 0 Å². The summed E-state index contributed by atoms with van der Waals surface area (Å²) in [6.07, 6.45) is 5.57. The minimum Gasteiger partial charge on any atom is -0.378 e.